The first-order valence-electron chi connectivity index (χ1n) is 10.6. The van der Waals surface area contributed by atoms with E-state index in [0.29, 0.717) is 6.04 Å². The highest BCUT2D eigenvalue weighted by molar-refractivity contribution is 7.99. The molecule has 160 valence electrons. The first kappa shape index (κ1) is 20.8. The number of fused-ring (bicyclic) bond motifs is 2. The predicted octanol–water partition coefficient (Wildman–Crippen LogP) is -1.72. The zero-order valence-electron chi connectivity index (χ0n) is 16.8. The molecular weight excluding hydrogens is 378 g/mol. The molecule has 10 nitrogen and oxygen atoms in total. The average molecular weight is 414 g/mol. The van der Waals surface area contributed by atoms with E-state index in [4.69, 9.17) is 0 Å². The number of hydrogen-bond acceptors (Lipinski definition) is 10. The topological polar surface area (TPSA) is 117 Å². The van der Waals surface area contributed by atoms with E-state index in [2.05, 4.69) is 61.5 Å². The monoisotopic (exact) mass is 413 g/mol. The smallest absolute Gasteiger partial charge is 0.225 e. The maximum Gasteiger partial charge on any atom is 0.225 e. The quantitative estimate of drug-likeness (QED) is 0.245. The van der Waals surface area contributed by atoms with Crippen molar-refractivity contribution < 1.29 is 4.79 Å². The Morgan fingerprint density at radius 1 is 1.07 bits per heavy atom. The fourth-order valence-corrected chi connectivity index (χ4v) is 5.73. The number of nitrogens with one attached hydrogen (secondary N) is 8. The van der Waals surface area contributed by atoms with Gasteiger partial charge in [0.05, 0.1) is 12.1 Å². The van der Waals surface area contributed by atoms with Gasteiger partial charge < -0.3 is 5.32 Å². The van der Waals surface area contributed by atoms with Gasteiger partial charge in [-0.3, -0.25) is 31.4 Å². The van der Waals surface area contributed by atoms with Gasteiger partial charge in [-0.1, -0.05) is 26.7 Å². The number of hydrogen-bond donors (Lipinski definition) is 8. The fourth-order valence-electron chi connectivity index (χ4n) is 4.60. The van der Waals surface area contributed by atoms with Crippen molar-refractivity contribution in [3.05, 3.63) is 0 Å². The van der Waals surface area contributed by atoms with Crippen LogP contribution in [0.25, 0.3) is 0 Å². The van der Waals surface area contributed by atoms with E-state index in [0.717, 1.165) is 31.7 Å². The number of thioether (sulfide) groups is 1. The van der Waals surface area contributed by atoms with Crippen molar-refractivity contribution in [1.82, 2.24) is 47.7 Å². The molecule has 3 saturated heterocycles. The molecule has 4 aliphatic rings. The van der Waals surface area contributed by atoms with Crippen LogP contribution in [0.2, 0.25) is 0 Å². The lowest BCUT2D eigenvalue weighted by Crippen LogP contribution is -2.76. The average Bonchev–Trinajstić information content (AvgIpc) is 3.10. The van der Waals surface area contributed by atoms with Crippen LogP contribution in [0.5, 0.6) is 0 Å². The first-order valence-corrected chi connectivity index (χ1v) is 11.7. The van der Waals surface area contributed by atoms with Crippen LogP contribution in [0.15, 0.2) is 0 Å². The third kappa shape index (κ3) is 4.47. The summed E-state index contributed by atoms with van der Waals surface area (Å²) in [6.07, 6.45) is 4.63. The highest BCUT2D eigenvalue weighted by Gasteiger charge is 2.44. The van der Waals surface area contributed by atoms with Gasteiger partial charge in [0.15, 0.2) is 0 Å². The van der Waals surface area contributed by atoms with Crippen LogP contribution in [0.3, 0.4) is 0 Å². The summed E-state index contributed by atoms with van der Waals surface area (Å²) in [5.74, 6) is 1.19. The summed E-state index contributed by atoms with van der Waals surface area (Å²) in [6.45, 7) is 5.97. The van der Waals surface area contributed by atoms with E-state index in [9.17, 15) is 4.79 Å². The van der Waals surface area contributed by atoms with E-state index in [1.165, 1.54) is 12.8 Å². The number of rotatable bonds is 7. The molecule has 1 saturated carbocycles. The largest absolute Gasteiger partial charge is 0.340 e. The standard InChI is InChI=1S/C17H35N9OS/c1-3-18-14-22-15(19-4-2)26-16(23-14)24-25-17(26)28-9-12-20-11-8-6-5-7-10(11)13(27)21-12/h10-12,14-20,22-25H,3-9H2,1-2H3,(H,21,27). The normalized spacial score (nSPS) is 41.4. The van der Waals surface area contributed by atoms with E-state index in [-0.39, 0.29) is 42.4 Å². The summed E-state index contributed by atoms with van der Waals surface area (Å²) in [5.41, 5.74) is 6.81. The molecule has 0 aromatic carbocycles. The Morgan fingerprint density at radius 3 is 2.71 bits per heavy atom. The van der Waals surface area contributed by atoms with Crippen LogP contribution >= 0.6 is 11.8 Å². The van der Waals surface area contributed by atoms with Crippen LogP contribution in [-0.4, -0.2) is 66.2 Å². The van der Waals surface area contributed by atoms with Gasteiger partial charge in [0, 0.05) is 11.8 Å². The van der Waals surface area contributed by atoms with Gasteiger partial charge in [0.2, 0.25) is 5.91 Å². The number of carbonyl (C=O) groups is 1. The highest BCUT2D eigenvalue weighted by Crippen LogP contribution is 2.28. The maximum atomic E-state index is 12.5. The van der Waals surface area contributed by atoms with E-state index >= 15 is 0 Å². The second-order valence-corrected chi connectivity index (χ2v) is 8.95. The summed E-state index contributed by atoms with van der Waals surface area (Å²) in [6, 6.07) is 0.337. The molecule has 3 aliphatic heterocycles. The van der Waals surface area contributed by atoms with Gasteiger partial charge in [-0.25, -0.2) is 15.8 Å². The van der Waals surface area contributed by atoms with Gasteiger partial charge in [0.1, 0.15) is 24.4 Å². The minimum Gasteiger partial charge on any atom is -0.340 e. The van der Waals surface area contributed by atoms with Gasteiger partial charge >= 0.3 is 0 Å². The molecule has 8 N–H and O–H groups in total. The molecular formula is C17H35N9OS. The van der Waals surface area contributed by atoms with Crippen LogP contribution in [-0.2, 0) is 4.79 Å². The van der Waals surface area contributed by atoms with E-state index < -0.39 is 0 Å². The van der Waals surface area contributed by atoms with Gasteiger partial charge in [0.25, 0.3) is 0 Å². The number of hydrazine groups is 1. The molecule has 4 rings (SSSR count). The molecule has 28 heavy (non-hydrogen) atoms. The molecule has 0 spiro atoms. The van der Waals surface area contributed by atoms with Crippen LogP contribution in [0, 0.1) is 5.92 Å². The number of carbonyl (C=O) groups excluding carboxylic acids is 1. The Hall–Kier alpha value is -0.500. The zero-order valence-corrected chi connectivity index (χ0v) is 17.6. The highest BCUT2D eigenvalue weighted by atomic mass is 32.2. The Labute approximate surface area is 171 Å². The lowest BCUT2D eigenvalue weighted by molar-refractivity contribution is -0.130. The first-order chi connectivity index (χ1) is 13.7. The molecule has 0 radical (unpaired) electrons. The van der Waals surface area contributed by atoms with Gasteiger partial charge in [-0.05, 0) is 25.9 Å². The van der Waals surface area contributed by atoms with E-state index in [1.807, 2.05) is 0 Å². The van der Waals surface area contributed by atoms with E-state index in [1.54, 1.807) is 11.8 Å². The molecule has 11 heteroatoms. The summed E-state index contributed by atoms with van der Waals surface area (Å²) < 4.78 is 0. The van der Waals surface area contributed by atoms with Crippen molar-refractivity contribution in [1.29, 1.82) is 0 Å². The Morgan fingerprint density at radius 2 is 1.89 bits per heavy atom. The Kier molecular flexibility index (Phi) is 7.07. The van der Waals surface area contributed by atoms with Crippen molar-refractivity contribution in [2.75, 3.05) is 18.8 Å². The summed E-state index contributed by atoms with van der Waals surface area (Å²) in [4.78, 5) is 14.8. The van der Waals surface area contributed by atoms with Crippen LogP contribution in [0.4, 0.5) is 0 Å². The molecule has 1 amide bonds. The van der Waals surface area contributed by atoms with Crippen molar-refractivity contribution in [3.8, 4) is 0 Å². The maximum absolute atomic E-state index is 12.5. The fraction of sp³-hybridized carbons (Fsp3) is 0.941. The molecule has 7 unspecified atom stereocenters. The Balaban J connectivity index is 1.33. The molecule has 0 aromatic rings. The Bertz CT molecular complexity index is 541. The van der Waals surface area contributed by atoms with Gasteiger partial charge in [-0.2, -0.15) is 0 Å². The van der Waals surface area contributed by atoms with Crippen molar-refractivity contribution in [2.24, 2.45) is 5.92 Å². The third-order valence-electron chi connectivity index (χ3n) is 5.92. The van der Waals surface area contributed by atoms with Crippen molar-refractivity contribution >= 4 is 17.7 Å². The molecule has 4 fully saturated rings. The minimum absolute atomic E-state index is 0.0171. The molecule has 0 bridgehead atoms. The number of amides is 1. The summed E-state index contributed by atoms with van der Waals surface area (Å²) in [5, 5.41) is 20.8. The van der Waals surface area contributed by atoms with Crippen molar-refractivity contribution in [2.45, 2.75) is 76.1 Å². The SMILES string of the molecule is CCNC1NC(NCC)N2C(NNC2SCC2NC(=O)C3CCCCC3N2)N1. The molecule has 3 heterocycles. The second kappa shape index (κ2) is 9.54. The zero-order chi connectivity index (χ0) is 19.5. The lowest BCUT2D eigenvalue weighted by Gasteiger charge is -2.45. The minimum atomic E-state index is 0.0171. The predicted molar refractivity (Wildman–Crippen MR) is 110 cm³/mol. The van der Waals surface area contributed by atoms with Crippen LogP contribution in [0.1, 0.15) is 39.5 Å². The molecule has 7 atom stereocenters. The lowest BCUT2D eigenvalue weighted by atomic mass is 9.82. The molecule has 0 aromatic heterocycles. The summed E-state index contributed by atoms with van der Waals surface area (Å²) in [7, 11) is 0. The second-order valence-electron chi connectivity index (χ2n) is 7.83. The van der Waals surface area contributed by atoms with Gasteiger partial charge in [-0.15, -0.1) is 11.8 Å². The summed E-state index contributed by atoms with van der Waals surface area (Å²) >= 11 is 1.80. The third-order valence-corrected chi connectivity index (χ3v) is 7.12. The van der Waals surface area contributed by atoms with Crippen LogP contribution < -0.4 is 42.8 Å². The van der Waals surface area contributed by atoms with Crippen molar-refractivity contribution in [3.63, 3.8) is 0 Å². The molecule has 1 aliphatic carbocycles. The number of nitrogens with zero attached hydrogens (tertiary/aromatic N) is 1.